The summed E-state index contributed by atoms with van der Waals surface area (Å²) in [5.41, 5.74) is 1.18. The molecule has 76 valence electrons. The molecule has 13 heavy (non-hydrogen) atoms. The topological polar surface area (TPSA) is 27.1 Å². The molecule has 3 nitrogen and oxygen atoms in total. The highest BCUT2D eigenvalue weighted by molar-refractivity contribution is 5.22. The van der Waals surface area contributed by atoms with Gasteiger partial charge in [-0.15, -0.1) is 5.10 Å². The van der Waals surface area contributed by atoms with E-state index < -0.39 is 0 Å². The van der Waals surface area contributed by atoms with E-state index in [4.69, 9.17) is 4.74 Å². The molecule has 0 unspecified atom stereocenters. The van der Waals surface area contributed by atoms with E-state index in [-0.39, 0.29) is 0 Å². The first kappa shape index (κ1) is 12.0. The highest BCUT2D eigenvalue weighted by Gasteiger charge is 2.04. The second-order valence-corrected chi connectivity index (χ2v) is 2.42. The lowest BCUT2D eigenvalue weighted by Crippen LogP contribution is -1.95. The van der Waals surface area contributed by atoms with Crippen LogP contribution in [0.5, 0.6) is 5.88 Å². The summed E-state index contributed by atoms with van der Waals surface area (Å²) in [5, 5.41) is 4.17. The van der Waals surface area contributed by atoms with Crippen LogP contribution in [0.1, 0.15) is 33.3 Å². The minimum Gasteiger partial charge on any atom is -0.477 e. The number of ether oxygens (including phenoxy) is 1. The summed E-state index contributed by atoms with van der Waals surface area (Å²) in [6.07, 6.45) is 2.97. The smallest absolute Gasteiger partial charge is 0.235 e. The van der Waals surface area contributed by atoms with Crippen molar-refractivity contribution in [1.29, 1.82) is 0 Å². The van der Waals surface area contributed by atoms with E-state index in [1.54, 1.807) is 4.68 Å². The van der Waals surface area contributed by atoms with Gasteiger partial charge in [-0.3, -0.25) is 4.68 Å². The number of rotatable bonds is 3. The molecule has 1 aromatic rings. The van der Waals surface area contributed by atoms with Crippen LogP contribution in [-0.4, -0.2) is 16.4 Å². The minimum atomic E-state index is 0.685. The van der Waals surface area contributed by atoms with Crippen molar-refractivity contribution >= 4 is 0 Å². The van der Waals surface area contributed by atoms with Gasteiger partial charge in [0.25, 0.3) is 0 Å². The van der Waals surface area contributed by atoms with Crippen molar-refractivity contribution in [2.45, 2.75) is 34.1 Å². The largest absolute Gasteiger partial charge is 0.477 e. The van der Waals surface area contributed by atoms with E-state index in [1.165, 1.54) is 5.56 Å². The van der Waals surface area contributed by atoms with Crippen molar-refractivity contribution in [3.63, 3.8) is 0 Å². The normalized spacial score (nSPS) is 9.00. The predicted octanol–water partition coefficient (Wildman–Crippen LogP) is 2.41. The van der Waals surface area contributed by atoms with Crippen LogP contribution in [0.25, 0.3) is 0 Å². The fourth-order valence-electron chi connectivity index (χ4n) is 1.02. The average Bonchev–Trinajstić information content (AvgIpc) is 2.50. The molecule has 0 spiro atoms. The molecule has 0 saturated heterocycles. The number of hydrogen-bond acceptors (Lipinski definition) is 2. The molecule has 1 aromatic heterocycles. The molecule has 0 aliphatic rings. The molecule has 0 saturated carbocycles. The highest BCUT2D eigenvalue weighted by Crippen LogP contribution is 2.15. The molecule has 0 atom stereocenters. The summed E-state index contributed by atoms with van der Waals surface area (Å²) in [6, 6.07) is 0. The second kappa shape index (κ2) is 6.52. The molecule has 0 aromatic carbocycles. The maximum absolute atomic E-state index is 5.32. The third-order valence-corrected chi connectivity index (χ3v) is 1.53. The Bertz CT molecular complexity index is 231. The molecule has 0 amide bonds. The lowest BCUT2D eigenvalue weighted by atomic mass is 10.3. The number of nitrogens with zero attached hydrogens (tertiary/aromatic N) is 2. The van der Waals surface area contributed by atoms with Gasteiger partial charge in [0.05, 0.1) is 6.61 Å². The second-order valence-electron chi connectivity index (χ2n) is 2.42. The van der Waals surface area contributed by atoms with E-state index in [0.29, 0.717) is 6.61 Å². The Kier molecular flexibility index (Phi) is 6.02. The number of aromatic nitrogens is 2. The van der Waals surface area contributed by atoms with Crippen LogP contribution in [0.2, 0.25) is 0 Å². The summed E-state index contributed by atoms with van der Waals surface area (Å²) >= 11 is 0. The van der Waals surface area contributed by atoms with Gasteiger partial charge in [0, 0.05) is 18.8 Å². The van der Waals surface area contributed by atoms with Crippen molar-refractivity contribution in [3.05, 3.63) is 11.8 Å². The van der Waals surface area contributed by atoms with E-state index in [1.807, 2.05) is 34.0 Å². The molecule has 0 aliphatic carbocycles. The fourth-order valence-corrected chi connectivity index (χ4v) is 1.02. The minimum absolute atomic E-state index is 0.685. The Morgan fingerprint density at radius 1 is 1.38 bits per heavy atom. The maximum Gasteiger partial charge on any atom is 0.235 e. The van der Waals surface area contributed by atoms with Gasteiger partial charge in [-0.2, -0.15) is 0 Å². The van der Waals surface area contributed by atoms with Gasteiger partial charge in [-0.1, -0.05) is 20.8 Å². The first-order chi connectivity index (χ1) is 6.27. The van der Waals surface area contributed by atoms with Crippen LogP contribution in [0.3, 0.4) is 0 Å². The zero-order valence-electron chi connectivity index (χ0n) is 9.29. The Morgan fingerprint density at radius 3 is 2.46 bits per heavy atom. The van der Waals surface area contributed by atoms with Crippen molar-refractivity contribution in [2.75, 3.05) is 6.61 Å². The molecular formula is C10H20N2O. The fraction of sp³-hybridized carbons (Fsp3) is 0.700. The Hall–Kier alpha value is -0.990. The first-order valence-corrected chi connectivity index (χ1v) is 4.93. The van der Waals surface area contributed by atoms with Crippen molar-refractivity contribution in [1.82, 2.24) is 9.78 Å². The zero-order chi connectivity index (χ0) is 10.3. The molecule has 1 heterocycles. The van der Waals surface area contributed by atoms with Crippen molar-refractivity contribution in [3.8, 4) is 5.88 Å². The molecule has 0 N–H and O–H groups in total. The van der Waals surface area contributed by atoms with Crippen LogP contribution in [-0.2, 0) is 13.5 Å². The Morgan fingerprint density at radius 2 is 2.00 bits per heavy atom. The van der Waals surface area contributed by atoms with Gasteiger partial charge in [0.15, 0.2) is 0 Å². The van der Waals surface area contributed by atoms with Crippen molar-refractivity contribution in [2.24, 2.45) is 7.05 Å². The van der Waals surface area contributed by atoms with Crippen molar-refractivity contribution < 1.29 is 4.74 Å². The average molecular weight is 184 g/mol. The number of hydrogen-bond donors (Lipinski definition) is 0. The summed E-state index contributed by atoms with van der Waals surface area (Å²) in [7, 11) is 1.90. The molecule has 1 rings (SSSR count). The van der Waals surface area contributed by atoms with Crippen LogP contribution < -0.4 is 4.74 Å². The third-order valence-electron chi connectivity index (χ3n) is 1.53. The third kappa shape index (κ3) is 3.49. The van der Waals surface area contributed by atoms with Gasteiger partial charge in [-0.25, -0.2) is 0 Å². The summed E-state index contributed by atoms with van der Waals surface area (Å²) in [4.78, 5) is 0. The SMILES string of the molecule is CC.CCOc1nn(C)cc1CC. The molecular weight excluding hydrogens is 164 g/mol. The summed E-state index contributed by atoms with van der Waals surface area (Å²) in [6.45, 7) is 8.75. The Balaban J connectivity index is 0.000000671. The monoisotopic (exact) mass is 184 g/mol. The molecule has 0 fully saturated rings. The van der Waals surface area contributed by atoms with E-state index in [0.717, 1.165) is 12.3 Å². The zero-order valence-corrected chi connectivity index (χ0v) is 9.29. The van der Waals surface area contributed by atoms with E-state index in [2.05, 4.69) is 12.0 Å². The Labute approximate surface area is 80.7 Å². The van der Waals surface area contributed by atoms with Gasteiger partial charge in [0.2, 0.25) is 5.88 Å². The molecule has 0 aliphatic heterocycles. The molecule has 0 bridgehead atoms. The predicted molar refractivity (Wildman–Crippen MR) is 55.1 cm³/mol. The quantitative estimate of drug-likeness (QED) is 0.721. The number of aryl methyl sites for hydroxylation is 2. The van der Waals surface area contributed by atoms with Gasteiger partial charge >= 0.3 is 0 Å². The van der Waals surface area contributed by atoms with Gasteiger partial charge in [-0.05, 0) is 13.3 Å². The first-order valence-electron chi connectivity index (χ1n) is 4.93. The molecule has 0 radical (unpaired) electrons. The highest BCUT2D eigenvalue weighted by atomic mass is 16.5. The van der Waals surface area contributed by atoms with E-state index >= 15 is 0 Å². The van der Waals surface area contributed by atoms with Crippen LogP contribution in [0.4, 0.5) is 0 Å². The van der Waals surface area contributed by atoms with E-state index in [9.17, 15) is 0 Å². The van der Waals surface area contributed by atoms with Crippen LogP contribution in [0, 0.1) is 0 Å². The summed E-state index contributed by atoms with van der Waals surface area (Å²) in [5.74, 6) is 0.775. The lowest BCUT2D eigenvalue weighted by Gasteiger charge is -1.98. The van der Waals surface area contributed by atoms with Crippen LogP contribution in [0.15, 0.2) is 6.20 Å². The standard InChI is InChI=1S/C8H14N2O.C2H6/c1-4-7-6-10(3)9-8(7)11-5-2;1-2/h6H,4-5H2,1-3H3;1-2H3. The molecule has 3 heteroatoms. The lowest BCUT2D eigenvalue weighted by molar-refractivity contribution is 0.320. The van der Waals surface area contributed by atoms with Gasteiger partial charge < -0.3 is 4.74 Å². The maximum atomic E-state index is 5.32. The van der Waals surface area contributed by atoms with Crippen LogP contribution >= 0.6 is 0 Å². The van der Waals surface area contributed by atoms with Gasteiger partial charge in [0.1, 0.15) is 0 Å². The summed E-state index contributed by atoms with van der Waals surface area (Å²) < 4.78 is 7.10.